The van der Waals surface area contributed by atoms with Crippen molar-refractivity contribution in [3.05, 3.63) is 83.8 Å². The van der Waals surface area contributed by atoms with Gasteiger partial charge in [0.05, 0.1) is 5.01 Å². The molecule has 0 aliphatic rings. The SMILES string of the molecule is Cc1nc(-c2ccccc2)c(Oc2ccnc(NCc3ccncc3)c2)s1. The topological polar surface area (TPSA) is 59.9 Å². The van der Waals surface area contributed by atoms with E-state index in [0.717, 1.165) is 38.5 Å². The minimum Gasteiger partial charge on any atom is -0.444 e. The lowest BCUT2D eigenvalue weighted by Gasteiger charge is -2.09. The molecule has 134 valence electrons. The Balaban J connectivity index is 1.52. The van der Waals surface area contributed by atoms with Gasteiger partial charge in [-0.2, -0.15) is 0 Å². The summed E-state index contributed by atoms with van der Waals surface area (Å²) in [6.07, 6.45) is 5.29. The molecule has 4 aromatic rings. The van der Waals surface area contributed by atoms with Crippen LogP contribution in [0, 0.1) is 6.92 Å². The Bertz CT molecular complexity index is 1020. The fourth-order valence-electron chi connectivity index (χ4n) is 2.63. The van der Waals surface area contributed by atoms with Crippen LogP contribution in [0.5, 0.6) is 10.8 Å². The molecule has 0 atom stereocenters. The predicted octanol–water partition coefficient (Wildman–Crippen LogP) is 5.31. The highest BCUT2D eigenvalue weighted by Gasteiger charge is 2.13. The maximum absolute atomic E-state index is 6.14. The van der Waals surface area contributed by atoms with Gasteiger partial charge in [-0.15, -0.1) is 0 Å². The molecule has 0 aliphatic carbocycles. The second kappa shape index (κ2) is 7.97. The number of rotatable bonds is 6. The minimum atomic E-state index is 0.675. The summed E-state index contributed by atoms with van der Waals surface area (Å²) in [6, 6.07) is 17.8. The molecular weight excluding hydrogens is 356 g/mol. The monoisotopic (exact) mass is 374 g/mol. The van der Waals surface area contributed by atoms with Crippen molar-refractivity contribution in [2.24, 2.45) is 0 Å². The molecule has 27 heavy (non-hydrogen) atoms. The van der Waals surface area contributed by atoms with Crippen LogP contribution in [0.4, 0.5) is 5.82 Å². The fourth-order valence-corrected chi connectivity index (χ4v) is 3.43. The van der Waals surface area contributed by atoms with Crippen molar-refractivity contribution < 1.29 is 4.74 Å². The zero-order valence-corrected chi connectivity index (χ0v) is 15.6. The average Bonchev–Trinajstić information content (AvgIpc) is 3.08. The van der Waals surface area contributed by atoms with Crippen molar-refractivity contribution in [1.82, 2.24) is 15.0 Å². The molecule has 0 unspecified atom stereocenters. The van der Waals surface area contributed by atoms with E-state index in [0.29, 0.717) is 6.54 Å². The molecule has 1 N–H and O–H groups in total. The van der Waals surface area contributed by atoms with Gasteiger partial charge in [0.2, 0.25) is 5.06 Å². The lowest BCUT2D eigenvalue weighted by molar-refractivity contribution is 0.496. The standard InChI is InChI=1S/C21H18N4OS/c1-15-25-20(17-5-3-2-4-6-17)21(27-15)26-18-9-12-23-19(13-18)24-14-16-7-10-22-11-8-16/h2-13H,14H2,1H3,(H,23,24). The van der Waals surface area contributed by atoms with Gasteiger partial charge in [-0.05, 0) is 30.7 Å². The van der Waals surface area contributed by atoms with Gasteiger partial charge in [0, 0.05) is 36.8 Å². The number of ether oxygens (including phenoxy) is 1. The van der Waals surface area contributed by atoms with E-state index < -0.39 is 0 Å². The van der Waals surface area contributed by atoms with E-state index in [1.54, 1.807) is 18.6 Å². The van der Waals surface area contributed by atoms with Gasteiger partial charge in [-0.3, -0.25) is 4.98 Å². The number of aryl methyl sites for hydroxylation is 1. The summed E-state index contributed by atoms with van der Waals surface area (Å²) in [5.74, 6) is 1.48. The number of nitrogens with one attached hydrogen (secondary N) is 1. The molecule has 3 heterocycles. The Morgan fingerprint density at radius 3 is 2.63 bits per heavy atom. The molecule has 0 radical (unpaired) electrons. The highest BCUT2D eigenvalue weighted by Crippen LogP contribution is 2.38. The lowest BCUT2D eigenvalue weighted by Crippen LogP contribution is -2.01. The molecular formula is C21H18N4OS. The molecule has 4 rings (SSSR count). The zero-order chi connectivity index (χ0) is 18.5. The van der Waals surface area contributed by atoms with Crippen LogP contribution in [-0.2, 0) is 6.54 Å². The maximum atomic E-state index is 6.14. The molecule has 0 saturated heterocycles. The summed E-state index contributed by atoms with van der Waals surface area (Å²) in [5.41, 5.74) is 3.05. The number of hydrogen-bond acceptors (Lipinski definition) is 6. The Labute approximate surface area is 161 Å². The van der Waals surface area contributed by atoms with E-state index in [1.807, 2.05) is 61.5 Å². The number of anilines is 1. The van der Waals surface area contributed by atoms with Crippen LogP contribution < -0.4 is 10.1 Å². The molecule has 1 aromatic carbocycles. The molecule has 0 aliphatic heterocycles. The van der Waals surface area contributed by atoms with Crippen molar-refractivity contribution in [3.8, 4) is 22.1 Å². The van der Waals surface area contributed by atoms with Gasteiger partial charge in [-0.25, -0.2) is 9.97 Å². The molecule has 0 amide bonds. The number of hydrogen-bond donors (Lipinski definition) is 1. The van der Waals surface area contributed by atoms with E-state index in [4.69, 9.17) is 4.74 Å². The van der Waals surface area contributed by atoms with E-state index >= 15 is 0 Å². The minimum absolute atomic E-state index is 0.675. The largest absolute Gasteiger partial charge is 0.444 e. The molecule has 0 spiro atoms. The van der Waals surface area contributed by atoms with Crippen molar-refractivity contribution in [2.45, 2.75) is 13.5 Å². The van der Waals surface area contributed by atoms with Gasteiger partial charge >= 0.3 is 0 Å². The Morgan fingerprint density at radius 1 is 1.00 bits per heavy atom. The summed E-state index contributed by atoms with van der Waals surface area (Å²) in [4.78, 5) is 13.0. The van der Waals surface area contributed by atoms with E-state index in [2.05, 4.69) is 20.3 Å². The number of pyridine rings is 2. The van der Waals surface area contributed by atoms with Crippen LogP contribution in [0.3, 0.4) is 0 Å². The van der Waals surface area contributed by atoms with Crippen molar-refractivity contribution in [3.63, 3.8) is 0 Å². The number of nitrogens with zero attached hydrogens (tertiary/aromatic N) is 3. The first-order chi connectivity index (χ1) is 13.3. The fraction of sp³-hybridized carbons (Fsp3) is 0.0952. The third kappa shape index (κ3) is 4.30. The molecule has 0 bridgehead atoms. The van der Waals surface area contributed by atoms with E-state index in [1.165, 1.54) is 11.3 Å². The molecule has 0 saturated carbocycles. The average molecular weight is 374 g/mol. The number of aromatic nitrogens is 3. The molecule has 3 aromatic heterocycles. The summed E-state index contributed by atoms with van der Waals surface area (Å²) < 4.78 is 6.14. The number of benzene rings is 1. The lowest BCUT2D eigenvalue weighted by atomic mass is 10.2. The summed E-state index contributed by atoms with van der Waals surface area (Å²) in [5, 5.41) is 5.06. The Kier molecular flexibility index (Phi) is 5.07. The van der Waals surface area contributed by atoms with Crippen molar-refractivity contribution in [2.75, 3.05) is 5.32 Å². The molecule has 0 fully saturated rings. The first kappa shape index (κ1) is 17.2. The normalized spacial score (nSPS) is 10.6. The van der Waals surface area contributed by atoms with Gasteiger partial charge < -0.3 is 10.1 Å². The highest BCUT2D eigenvalue weighted by molar-refractivity contribution is 7.13. The first-order valence-corrected chi connectivity index (χ1v) is 9.39. The van der Waals surface area contributed by atoms with Gasteiger partial charge in [-0.1, -0.05) is 41.7 Å². The first-order valence-electron chi connectivity index (χ1n) is 8.57. The Hall–Kier alpha value is -3.25. The highest BCUT2D eigenvalue weighted by atomic mass is 32.1. The maximum Gasteiger partial charge on any atom is 0.208 e. The van der Waals surface area contributed by atoms with Crippen molar-refractivity contribution in [1.29, 1.82) is 0 Å². The van der Waals surface area contributed by atoms with Gasteiger partial charge in [0.1, 0.15) is 17.3 Å². The third-order valence-corrected chi connectivity index (χ3v) is 4.76. The van der Waals surface area contributed by atoms with Gasteiger partial charge in [0.25, 0.3) is 0 Å². The second-order valence-electron chi connectivity index (χ2n) is 5.92. The third-order valence-electron chi connectivity index (χ3n) is 3.92. The second-order valence-corrected chi connectivity index (χ2v) is 7.09. The van der Waals surface area contributed by atoms with E-state index in [9.17, 15) is 0 Å². The van der Waals surface area contributed by atoms with Gasteiger partial charge in [0.15, 0.2) is 0 Å². The van der Waals surface area contributed by atoms with Crippen LogP contribution in [0.25, 0.3) is 11.3 Å². The molecule has 5 nitrogen and oxygen atoms in total. The summed E-state index contributed by atoms with van der Waals surface area (Å²) >= 11 is 1.54. The van der Waals surface area contributed by atoms with Crippen LogP contribution in [0.1, 0.15) is 10.6 Å². The van der Waals surface area contributed by atoms with Crippen LogP contribution in [0.15, 0.2) is 73.2 Å². The Morgan fingerprint density at radius 2 is 1.81 bits per heavy atom. The smallest absolute Gasteiger partial charge is 0.208 e. The van der Waals surface area contributed by atoms with Crippen LogP contribution in [-0.4, -0.2) is 15.0 Å². The summed E-state index contributed by atoms with van der Waals surface area (Å²) in [7, 11) is 0. The van der Waals surface area contributed by atoms with Crippen LogP contribution in [0.2, 0.25) is 0 Å². The van der Waals surface area contributed by atoms with Crippen LogP contribution >= 0.6 is 11.3 Å². The summed E-state index contributed by atoms with van der Waals surface area (Å²) in [6.45, 7) is 2.66. The van der Waals surface area contributed by atoms with E-state index in [-0.39, 0.29) is 0 Å². The molecule has 6 heteroatoms. The predicted molar refractivity (Wildman–Crippen MR) is 108 cm³/mol. The number of thiazole rings is 1. The quantitative estimate of drug-likeness (QED) is 0.495. The van der Waals surface area contributed by atoms with Crippen molar-refractivity contribution >= 4 is 17.2 Å². The zero-order valence-electron chi connectivity index (χ0n) is 14.8.